The highest BCUT2D eigenvalue weighted by Gasteiger charge is 2.44. The summed E-state index contributed by atoms with van der Waals surface area (Å²) < 4.78 is 0. The zero-order valence-corrected chi connectivity index (χ0v) is 6.35. The number of hydrogen-bond acceptors (Lipinski definition) is 1. The topological polar surface area (TPSA) is 20.2 Å². The van der Waals surface area contributed by atoms with E-state index in [-0.39, 0.29) is 0 Å². The Bertz CT molecular complexity index is 96.7. The van der Waals surface area contributed by atoms with E-state index in [1.165, 1.54) is 12.8 Å². The normalized spacial score (nSPS) is 30.3. The lowest BCUT2D eigenvalue weighted by Gasteiger charge is -1.99. The van der Waals surface area contributed by atoms with Crippen LogP contribution in [0, 0.1) is 11.3 Å². The molecular weight excluding hydrogens is 112 g/mol. The molecule has 0 amide bonds. The molecule has 0 unspecified atom stereocenters. The van der Waals surface area contributed by atoms with Gasteiger partial charge in [0.2, 0.25) is 0 Å². The van der Waals surface area contributed by atoms with Crippen LogP contribution in [0.15, 0.2) is 0 Å². The molecule has 1 aliphatic rings. The van der Waals surface area contributed by atoms with Crippen LogP contribution in [0.4, 0.5) is 0 Å². The Morgan fingerprint density at radius 1 is 1.56 bits per heavy atom. The maximum Gasteiger partial charge on any atom is 0.0431 e. The highest BCUT2D eigenvalue weighted by atomic mass is 16.2. The van der Waals surface area contributed by atoms with Crippen molar-refractivity contribution in [3.05, 3.63) is 0 Å². The maximum absolute atomic E-state index is 8.51. The molecule has 1 saturated carbocycles. The standard InChI is InChI=1S/C8H16O/c1-8(2)6-7(8)4-3-5-9/h7,9H,3-6H2,1-2H3/t7-/m0/s1. The summed E-state index contributed by atoms with van der Waals surface area (Å²) in [4.78, 5) is 0. The SMILES string of the molecule is CC1(C)C[C@@H]1CCCO. The molecule has 1 N–H and O–H groups in total. The van der Waals surface area contributed by atoms with Crippen LogP contribution in [0.2, 0.25) is 0 Å². The second-order valence-corrected chi connectivity index (χ2v) is 3.76. The summed E-state index contributed by atoms with van der Waals surface area (Å²) in [5.74, 6) is 0.907. The molecule has 0 radical (unpaired) electrons. The Morgan fingerprint density at radius 2 is 2.11 bits per heavy atom. The lowest BCUT2D eigenvalue weighted by atomic mass is 10.1. The summed E-state index contributed by atoms with van der Waals surface area (Å²) in [5.41, 5.74) is 0.606. The van der Waals surface area contributed by atoms with Crippen LogP contribution in [-0.2, 0) is 0 Å². The molecule has 0 aromatic carbocycles. The number of hydrogen-bond donors (Lipinski definition) is 1. The Morgan fingerprint density at radius 3 is 2.44 bits per heavy atom. The van der Waals surface area contributed by atoms with Crippen LogP contribution in [0.5, 0.6) is 0 Å². The van der Waals surface area contributed by atoms with E-state index in [2.05, 4.69) is 13.8 Å². The Hall–Kier alpha value is -0.0400. The first-order chi connectivity index (χ1) is 4.17. The predicted octanol–water partition coefficient (Wildman–Crippen LogP) is 1.81. The quantitative estimate of drug-likeness (QED) is 0.614. The minimum absolute atomic E-state index is 0.368. The summed E-state index contributed by atoms with van der Waals surface area (Å²) >= 11 is 0. The lowest BCUT2D eigenvalue weighted by molar-refractivity contribution is 0.278. The van der Waals surface area contributed by atoms with Crippen molar-refractivity contribution in [2.45, 2.75) is 33.1 Å². The molecule has 0 aromatic rings. The van der Waals surface area contributed by atoms with E-state index in [0.29, 0.717) is 12.0 Å². The fourth-order valence-electron chi connectivity index (χ4n) is 1.41. The molecule has 0 aromatic heterocycles. The molecule has 0 bridgehead atoms. The number of aliphatic hydroxyl groups excluding tert-OH is 1. The predicted molar refractivity (Wildman–Crippen MR) is 38.2 cm³/mol. The van der Waals surface area contributed by atoms with E-state index >= 15 is 0 Å². The van der Waals surface area contributed by atoms with Crippen LogP contribution in [-0.4, -0.2) is 11.7 Å². The number of rotatable bonds is 3. The van der Waals surface area contributed by atoms with Crippen molar-refractivity contribution < 1.29 is 5.11 Å². The third-order valence-corrected chi connectivity index (χ3v) is 2.43. The Labute approximate surface area is 57.1 Å². The Kier molecular flexibility index (Phi) is 1.80. The first-order valence-corrected chi connectivity index (χ1v) is 3.77. The second kappa shape index (κ2) is 2.30. The summed E-state index contributed by atoms with van der Waals surface area (Å²) in [5, 5.41) is 8.51. The smallest absolute Gasteiger partial charge is 0.0431 e. The largest absolute Gasteiger partial charge is 0.396 e. The van der Waals surface area contributed by atoms with Crippen molar-refractivity contribution in [1.29, 1.82) is 0 Å². The minimum Gasteiger partial charge on any atom is -0.396 e. The fraction of sp³-hybridized carbons (Fsp3) is 1.00. The van der Waals surface area contributed by atoms with Crippen LogP contribution < -0.4 is 0 Å². The van der Waals surface area contributed by atoms with Gasteiger partial charge in [-0.05, 0) is 30.6 Å². The van der Waals surface area contributed by atoms with Gasteiger partial charge in [0.05, 0.1) is 0 Å². The van der Waals surface area contributed by atoms with Crippen molar-refractivity contribution in [2.75, 3.05) is 6.61 Å². The van der Waals surface area contributed by atoms with Gasteiger partial charge >= 0.3 is 0 Å². The third kappa shape index (κ3) is 1.68. The summed E-state index contributed by atoms with van der Waals surface area (Å²) in [6.07, 6.45) is 3.59. The zero-order valence-electron chi connectivity index (χ0n) is 6.35. The zero-order chi connectivity index (χ0) is 6.91. The molecule has 1 nitrogen and oxygen atoms in total. The molecule has 1 rings (SSSR count). The van der Waals surface area contributed by atoms with Gasteiger partial charge in [-0.25, -0.2) is 0 Å². The monoisotopic (exact) mass is 128 g/mol. The van der Waals surface area contributed by atoms with E-state index in [9.17, 15) is 0 Å². The molecule has 0 aliphatic heterocycles. The summed E-state index contributed by atoms with van der Waals surface area (Å²) in [7, 11) is 0. The van der Waals surface area contributed by atoms with Crippen molar-refractivity contribution in [2.24, 2.45) is 11.3 Å². The summed E-state index contributed by atoms with van der Waals surface area (Å²) in [6, 6.07) is 0. The van der Waals surface area contributed by atoms with E-state index in [4.69, 9.17) is 5.11 Å². The van der Waals surface area contributed by atoms with Crippen molar-refractivity contribution in [3.63, 3.8) is 0 Å². The van der Waals surface area contributed by atoms with Crippen LogP contribution >= 0.6 is 0 Å². The van der Waals surface area contributed by atoms with E-state index in [1.807, 2.05) is 0 Å². The van der Waals surface area contributed by atoms with Crippen LogP contribution in [0.25, 0.3) is 0 Å². The molecule has 1 heteroatoms. The van der Waals surface area contributed by atoms with Crippen molar-refractivity contribution >= 4 is 0 Å². The second-order valence-electron chi connectivity index (χ2n) is 3.76. The van der Waals surface area contributed by atoms with Gasteiger partial charge in [0, 0.05) is 6.61 Å². The van der Waals surface area contributed by atoms with Gasteiger partial charge < -0.3 is 5.11 Å². The fourth-order valence-corrected chi connectivity index (χ4v) is 1.41. The van der Waals surface area contributed by atoms with Crippen LogP contribution in [0.1, 0.15) is 33.1 Å². The van der Waals surface area contributed by atoms with Crippen molar-refractivity contribution in [3.8, 4) is 0 Å². The van der Waals surface area contributed by atoms with E-state index in [1.54, 1.807) is 0 Å². The molecule has 0 saturated heterocycles. The maximum atomic E-state index is 8.51. The van der Waals surface area contributed by atoms with Gasteiger partial charge in [-0.1, -0.05) is 13.8 Å². The molecule has 1 aliphatic carbocycles. The Balaban J connectivity index is 2.06. The van der Waals surface area contributed by atoms with Gasteiger partial charge in [0.15, 0.2) is 0 Å². The number of aliphatic hydroxyl groups is 1. The van der Waals surface area contributed by atoms with Gasteiger partial charge in [-0.15, -0.1) is 0 Å². The third-order valence-electron chi connectivity index (χ3n) is 2.43. The average Bonchev–Trinajstić information content (AvgIpc) is 2.35. The highest BCUT2D eigenvalue weighted by Crippen LogP contribution is 2.53. The molecule has 9 heavy (non-hydrogen) atoms. The molecule has 54 valence electrons. The molecule has 0 spiro atoms. The molecule has 1 fully saturated rings. The van der Waals surface area contributed by atoms with E-state index in [0.717, 1.165) is 12.3 Å². The van der Waals surface area contributed by atoms with Crippen molar-refractivity contribution in [1.82, 2.24) is 0 Å². The molecule has 0 heterocycles. The van der Waals surface area contributed by atoms with E-state index < -0.39 is 0 Å². The first kappa shape index (κ1) is 7.07. The first-order valence-electron chi connectivity index (χ1n) is 3.77. The van der Waals surface area contributed by atoms with Crippen LogP contribution in [0.3, 0.4) is 0 Å². The minimum atomic E-state index is 0.368. The average molecular weight is 128 g/mol. The van der Waals surface area contributed by atoms with Gasteiger partial charge in [-0.3, -0.25) is 0 Å². The van der Waals surface area contributed by atoms with Gasteiger partial charge in [-0.2, -0.15) is 0 Å². The highest BCUT2D eigenvalue weighted by molar-refractivity contribution is 4.94. The molecular formula is C8H16O. The summed E-state index contributed by atoms with van der Waals surface area (Å²) in [6.45, 7) is 4.97. The van der Waals surface area contributed by atoms with Gasteiger partial charge in [0.25, 0.3) is 0 Å². The lowest BCUT2D eigenvalue weighted by Crippen LogP contribution is -1.91. The molecule has 1 atom stereocenters. The van der Waals surface area contributed by atoms with Gasteiger partial charge in [0.1, 0.15) is 0 Å².